The second-order valence-corrected chi connectivity index (χ2v) is 6.20. The van der Waals surface area contributed by atoms with Crippen LogP contribution in [-0.4, -0.2) is 31.5 Å². The number of likely N-dealkylation sites (N-methyl/N-ethyl adjacent to an activating group) is 1. The first kappa shape index (κ1) is 18.3. The van der Waals surface area contributed by atoms with Crippen LogP contribution in [0.4, 0.5) is 0 Å². The molecule has 0 aliphatic carbocycles. The lowest BCUT2D eigenvalue weighted by atomic mass is 10.1. The van der Waals surface area contributed by atoms with Crippen LogP contribution in [0.3, 0.4) is 0 Å². The molecule has 0 heterocycles. The smallest absolute Gasteiger partial charge is 0.234 e. The van der Waals surface area contributed by atoms with Gasteiger partial charge in [-0.25, -0.2) is 0 Å². The number of methoxy groups -OCH3 is 1. The van der Waals surface area contributed by atoms with E-state index in [2.05, 4.69) is 5.32 Å². The van der Waals surface area contributed by atoms with Crippen LogP contribution in [0.1, 0.15) is 24.1 Å². The van der Waals surface area contributed by atoms with Crippen LogP contribution in [0.2, 0.25) is 5.02 Å². The molecule has 0 aliphatic heterocycles. The van der Waals surface area contributed by atoms with Gasteiger partial charge in [-0.2, -0.15) is 0 Å². The minimum atomic E-state index is -0.123. The van der Waals surface area contributed by atoms with Gasteiger partial charge in [-0.15, -0.1) is 0 Å². The quantitative estimate of drug-likeness (QED) is 0.832. The monoisotopic (exact) mass is 346 g/mol. The minimum absolute atomic E-state index is 0.0389. The number of benzene rings is 2. The van der Waals surface area contributed by atoms with Gasteiger partial charge in [0.1, 0.15) is 5.75 Å². The highest BCUT2D eigenvalue weighted by Gasteiger charge is 2.15. The zero-order valence-corrected chi connectivity index (χ0v) is 15.0. The molecule has 2 rings (SSSR count). The highest BCUT2D eigenvalue weighted by atomic mass is 35.5. The maximum absolute atomic E-state index is 12.3. The summed E-state index contributed by atoms with van der Waals surface area (Å²) < 4.78 is 5.34. The summed E-state index contributed by atoms with van der Waals surface area (Å²) in [5.41, 5.74) is 1.97. The van der Waals surface area contributed by atoms with Crippen molar-refractivity contribution >= 4 is 17.5 Å². The Bertz CT molecular complexity index is 691. The normalized spacial score (nSPS) is 12.0. The molecular formula is C19H23ClN2O2. The molecule has 1 atom stereocenters. The number of ether oxygens (including phenoxy) is 1. The van der Waals surface area contributed by atoms with Crippen molar-refractivity contribution in [1.29, 1.82) is 0 Å². The Labute approximate surface area is 148 Å². The molecule has 4 nitrogen and oxygen atoms in total. The van der Waals surface area contributed by atoms with Crippen molar-refractivity contribution < 1.29 is 9.53 Å². The van der Waals surface area contributed by atoms with Crippen LogP contribution in [0.15, 0.2) is 48.5 Å². The Morgan fingerprint density at radius 1 is 1.21 bits per heavy atom. The summed E-state index contributed by atoms with van der Waals surface area (Å²) in [5.74, 6) is 0.734. The van der Waals surface area contributed by atoms with Gasteiger partial charge in [-0.1, -0.05) is 48.0 Å². The number of halogens is 1. The van der Waals surface area contributed by atoms with E-state index >= 15 is 0 Å². The number of rotatable bonds is 7. The number of carbonyl (C=O) groups excluding carboxylic acids is 1. The van der Waals surface area contributed by atoms with Gasteiger partial charge in [0, 0.05) is 17.1 Å². The number of carbonyl (C=O) groups is 1. The van der Waals surface area contributed by atoms with E-state index in [1.54, 1.807) is 7.11 Å². The van der Waals surface area contributed by atoms with Gasteiger partial charge in [-0.05, 0) is 31.7 Å². The molecule has 0 aromatic heterocycles. The van der Waals surface area contributed by atoms with Crippen LogP contribution in [-0.2, 0) is 11.3 Å². The number of amides is 1. The molecule has 0 radical (unpaired) electrons. The third-order valence-corrected chi connectivity index (χ3v) is 4.16. The van der Waals surface area contributed by atoms with Crippen LogP contribution in [0.25, 0.3) is 0 Å². The maximum atomic E-state index is 12.3. The fraction of sp³-hybridized carbons (Fsp3) is 0.316. The summed E-state index contributed by atoms with van der Waals surface area (Å²) >= 11 is 6.16. The molecule has 24 heavy (non-hydrogen) atoms. The van der Waals surface area contributed by atoms with E-state index in [9.17, 15) is 4.79 Å². The van der Waals surface area contributed by atoms with Gasteiger partial charge in [0.05, 0.1) is 19.7 Å². The molecule has 0 fully saturated rings. The second-order valence-electron chi connectivity index (χ2n) is 5.79. The highest BCUT2D eigenvalue weighted by Crippen LogP contribution is 2.24. The van der Waals surface area contributed by atoms with Gasteiger partial charge < -0.3 is 10.1 Å². The highest BCUT2D eigenvalue weighted by molar-refractivity contribution is 6.31. The van der Waals surface area contributed by atoms with Gasteiger partial charge >= 0.3 is 0 Å². The van der Waals surface area contributed by atoms with Crippen molar-refractivity contribution in [3.8, 4) is 5.75 Å². The van der Waals surface area contributed by atoms with Gasteiger partial charge in [0.2, 0.25) is 5.91 Å². The topological polar surface area (TPSA) is 41.6 Å². The predicted molar refractivity (Wildman–Crippen MR) is 97.3 cm³/mol. The number of nitrogens with one attached hydrogen (secondary N) is 1. The van der Waals surface area contributed by atoms with Crippen LogP contribution in [0.5, 0.6) is 5.75 Å². The first-order valence-corrected chi connectivity index (χ1v) is 8.23. The molecule has 0 saturated carbocycles. The third-order valence-electron chi connectivity index (χ3n) is 3.79. The number of nitrogens with zero attached hydrogens (tertiary/aromatic N) is 1. The van der Waals surface area contributed by atoms with Gasteiger partial charge in [-0.3, -0.25) is 9.69 Å². The van der Waals surface area contributed by atoms with E-state index in [-0.39, 0.29) is 11.9 Å². The standard InChI is InChI=1S/C19H23ClN2O2/c1-14(16-9-5-7-11-18(16)24-3)21-19(23)13-22(2)12-15-8-4-6-10-17(15)20/h4-11,14H,12-13H2,1-3H3,(H,21,23). The van der Waals surface area contributed by atoms with E-state index in [1.165, 1.54) is 0 Å². The first-order chi connectivity index (χ1) is 11.5. The summed E-state index contributed by atoms with van der Waals surface area (Å²) in [6.45, 7) is 2.87. The van der Waals surface area contributed by atoms with Crippen molar-refractivity contribution in [2.45, 2.75) is 19.5 Å². The molecule has 0 aliphatic rings. The predicted octanol–water partition coefficient (Wildman–Crippen LogP) is 3.66. The lowest BCUT2D eigenvalue weighted by Gasteiger charge is -2.20. The summed E-state index contributed by atoms with van der Waals surface area (Å²) in [4.78, 5) is 14.2. The Balaban J connectivity index is 1.91. The van der Waals surface area contributed by atoms with E-state index in [4.69, 9.17) is 16.3 Å². The molecule has 1 N–H and O–H groups in total. The Morgan fingerprint density at radius 2 is 1.88 bits per heavy atom. The van der Waals surface area contributed by atoms with Crippen molar-refractivity contribution in [2.75, 3.05) is 20.7 Å². The Morgan fingerprint density at radius 3 is 2.58 bits per heavy atom. The second kappa shape index (κ2) is 8.71. The first-order valence-electron chi connectivity index (χ1n) is 7.85. The molecule has 1 amide bonds. The van der Waals surface area contributed by atoms with Gasteiger partial charge in [0.25, 0.3) is 0 Å². The van der Waals surface area contributed by atoms with E-state index < -0.39 is 0 Å². The van der Waals surface area contributed by atoms with E-state index in [0.29, 0.717) is 18.1 Å². The van der Waals surface area contributed by atoms with Crippen molar-refractivity contribution in [3.63, 3.8) is 0 Å². The average Bonchev–Trinajstić information content (AvgIpc) is 2.56. The van der Waals surface area contributed by atoms with Gasteiger partial charge in [0.15, 0.2) is 0 Å². The molecule has 2 aromatic carbocycles. The molecular weight excluding hydrogens is 324 g/mol. The van der Waals surface area contributed by atoms with E-state index in [1.807, 2.05) is 67.4 Å². The Hall–Kier alpha value is -2.04. The summed E-state index contributed by atoms with van der Waals surface area (Å²) in [6.07, 6.45) is 0. The Kier molecular flexibility index (Phi) is 6.64. The molecule has 2 aromatic rings. The van der Waals surface area contributed by atoms with Crippen LogP contribution >= 0.6 is 11.6 Å². The summed E-state index contributed by atoms with van der Waals surface area (Å²) in [7, 11) is 3.53. The number of para-hydroxylation sites is 1. The minimum Gasteiger partial charge on any atom is -0.496 e. The average molecular weight is 347 g/mol. The zero-order valence-electron chi connectivity index (χ0n) is 14.3. The molecule has 0 bridgehead atoms. The number of hydrogen-bond donors (Lipinski definition) is 1. The lowest BCUT2D eigenvalue weighted by Crippen LogP contribution is -2.36. The van der Waals surface area contributed by atoms with Crippen molar-refractivity contribution in [2.24, 2.45) is 0 Å². The maximum Gasteiger partial charge on any atom is 0.234 e. The molecule has 0 spiro atoms. The van der Waals surface area contributed by atoms with E-state index in [0.717, 1.165) is 16.9 Å². The summed E-state index contributed by atoms with van der Waals surface area (Å²) in [5, 5.41) is 3.72. The fourth-order valence-corrected chi connectivity index (χ4v) is 2.80. The molecule has 1 unspecified atom stereocenters. The van der Waals surface area contributed by atoms with Crippen molar-refractivity contribution in [3.05, 3.63) is 64.7 Å². The number of hydrogen-bond acceptors (Lipinski definition) is 3. The third kappa shape index (κ3) is 4.98. The SMILES string of the molecule is COc1ccccc1C(C)NC(=O)CN(C)Cc1ccccc1Cl. The van der Waals surface area contributed by atoms with Crippen molar-refractivity contribution in [1.82, 2.24) is 10.2 Å². The summed E-state index contributed by atoms with van der Waals surface area (Å²) in [6, 6.07) is 15.2. The molecule has 0 saturated heterocycles. The largest absolute Gasteiger partial charge is 0.496 e. The van der Waals surface area contributed by atoms with Crippen LogP contribution < -0.4 is 10.1 Å². The molecule has 128 valence electrons. The van der Waals surface area contributed by atoms with Crippen LogP contribution in [0, 0.1) is 0 Å². The molecule has 5 heteroatoms. The zero-order chi connectivity index (χ0) is 17.5. The lowest BCUT2D eigenvalue weighted by molar-refractivity contribution is -0.122. The fourth-order valence-electron chi connectivity index (χ4n) is 2.61.